The molecule has 1 nitrogen and oxygen atoms in total. The van der Waals surface area contributed by atoms with Crippen molar-refractivity contribution in [2.45, 2.75) is 38.0 Å². The maximum atomic E-state index is 2.49. The van der Waals surface area contributed by atoms with Gasteiger partial charge in [-0.05, 0) is 49.6 Å². The number of rotatable bonds is 2. The van der Waals surface area contributed by atoms with Crippen molar-refractivity contribution in [3.63, 3.8) is 0 Å². The van der Waals surface area contributed by atoms with Crippen LogP contribution in [-0.4, -0.2) is 6.54 Å². The van der Waals surface area contributed by atoms with E-state index in [0.717, 1.165) is 13.0 Å². The molecule has 2 aromatic rings. The van der Waals surface area contributed by atoms with Crippen LogP contribution in [0.4, 0.5) is 5.69 Å². The number of nitrogens with zero attached hydrogens (tertiary/aromatic N) is 1. The molecule has 1 atom stereocenters. The van der Waals surface area contributed by atoms with Crippen molar-refractivity contribution < 1.29 is 0 Å². The summed E-state index contributed by atoms with van der Waals surface area (Å²) in [5.41, 5.74) is 6.76. The van der Waals surface area contributed by atoms with Crippen LogP contribution in [0, 0.1) is 0 Å². The van der Waals surface area contributed by atoms with Crippen molar-refractivity contribution in [1.29, 1.82) is 0 Å². The number of fused-ring (bicyclic) bond motifs is 2. The van der Waals surface area contributed by atoms with E-state index in [2.05, 4.69) is 105 Å². The van der Waals surface area contributed by atoms with Gasteiger partial charge in [0.25, 0.3) is 0 Å². The minimum Gasteiger partial charge on any atom is -0.337 e. The van der Waals surface area contributed by atoms with Crippen molar-refractivity contribution in [3.8, 4) is 0 Å². The average Bonchev–Trinajstić information content (AvgIpc) is 3.08. The van der Waals surface area contributed by atoms with Crippen LogP contribution in [0.1, 0.15) is 37.8 Å². The van der Waals surface area contributed by atoms with Crippen molar-refractivity contribution in [2.75, 3.05) is 11.4 Å². The first-order valence-corrected chi connectivity index (χ1v) is 10.8. The maximum Gasteiger partial charge on any atom is 0.0516 e. The summed E-state index contributed by atoms with van der Waals surface area (Å²) in [6.45, 7) is 7.50. The van der Waals surface area contributed by atoms with Crippen LogP contribution in [-0.2, 0) is 6.42 Å². The van der Waals surface area contributed by atoms with Gasteiger partial charge < -0.3 is 4.90 Å². The molecule has 142 valence electrons. The fourth-order valence-electron chi connectivity index (χ4n) is 3.97. The molecule has 0 spiro atoms. The first-order chi connectivity index (χ1) is 13.7. The largest absolute Gasteiger partial charge is 0.337 e. The number of benzene rings is 2. The van der Waals surface area contributed by atoms with Gasteiger partial charge in [-0.25, -0.2) is 0 Å². The summed E-state index contributed by atoms with van der Waals surface area (Å²) in [4.78, 5) is 5.31. The van der Waals surface area contributed by atoms with E-state index in [1.165, 1.54) is 37.9 Å². The minimum absolute atomic E-state index is 0.413. The van der Waals surface area contributed by atoms with Gasteiger partial charge in [-0.15, -0.1) is 0 Å². The zero-order chi connectivity index (χ0) is 19.5. The molecule has 0 saturated carbocycles. The van der Waals surface area contributed by atoms with Gasteiger partial charge in [0.15, 0.2) is 0 Å². The third kappa shape index (κ3) is 3.62. The first-order valence-electron chi connectivity index (χ1n) is 10.0. The van der Waals surface area contributed by atoms with Gasteiger partial charge in [-0.2, -0.15) is 0 Å². The Bertz CT molecular complexity index is 993. The molecule has 28 heavy (non-hydrogen) atoms. The molecule has 4 rings (SSSR count). The van der Waals surface area contributed by atoms with Gasteiger partial charge in [-0.3, -0.25) is 0 Å². The Balaban J connectivity index is 1.86. The molecule has 0 saturated heterocycles. The zero-order valence-corrected chi connectivity index (χ0v) is 17.7. The Morgan fingerprint density at radius 2 is 1.89 bits per heavy atom. The summed E-state index contributed by atoms with van der Waals surface area (Å²) in [7, 11) is 0. The molecule has 0 fully saturated rings. The van der Waals surface area contributed by atoms with E-state index in [1.807, 2.05) is 11.8 Å². The first kappa shape index (κ1) is 18.9. The van der Waals surface area contributed by atoms with Gasteiger partial charge in [0.2, 0.25) is 0 Å². The molecule has 0 amide bonds. The number of anilines is 1. The van der Waals surface area contributed by atoms with E-state index >= 15 is 0 Å². The van der Waals surface area contributed by atoms with Crippen LogP contribution in [0.5, 0.6) is 0 Å². The Morgan fingerprint density at radius 3 is 2.71 bits per heavy atom. The van der Waals surface area contributed by atoms with E-state index in [0.29, 0.717) is 5.92 Å². The predicted octanol–water partition coefficient (Wildman–Crippen LogP) is 7.25. The monoisotopic (exact) mass is 385 g/mol. The number of para-hydroxylation sites is 1. The van der Waals surface area contributed by atoms with Crippen LogP contribution >= 0.6 is 11.8 Å². The van der Waals surface area contributed by atoms with Crippen molar-refractivity contribution >= 4 is 17.4 Å². The third-order valence-electron chi connectivity index (χ3n) is 5.46. The van der Waals surface area contributed by atoms with Crippen molar-refractivity contribution in [3.05, 3.63) is 106 Å². The van der Waals surface area contributed by atoms with Gasteiger partial charge in [-0.1, -0.05) is 85.0 Å². The van der Waals surface area contributed by atoms with Crippen LogP contribution in [0.3, 0.4) is 0 Å². The summed E-state index contributed by atoms with van der Waals surface area (Å²) in [5, 5.41) is 0. The fraction of sp³-hybridized carbons (Fsp3) is 0.231. The highest BCUT2D eigenvalue weighted by Gasteiger charge is 2.29. The topological polar surface area (TPSA) is 3.24 Å². The van der Waals surface area contributed by atoms with E-state index in [4.69, 9.17) is 0 Å². The molecule has 0 radical (unpaired) electrons. The molecule has 2 aliphatic rings. The summed E-state index contributed by atoms with van der Waals surface area (Å²) < 4.78 is 0. The highest BCUT2D eigenvalue weighted by Crippen LogP contribution is 2.50. The zero-order valence-electron chi connectivity index (χ0n) is 16.9. The Morgan fingerprint density at radius 1 is 1.11 bits per heavy atom. The molecular formula is C26H27NS. The lowest BCUT2D eigenvalue weighted by Crippen LogP contribution is -2.24. The lowest BCUT2D eigenvalue weighted by Gasteiger charge is -2.29. The minimum atomic E-state index is 0.413. The van der Waals surface area contributed by atoms with Crippen LogP contribution in [0.2, 0.25) is 0 Å². The highest BCUT2D eigenvalue weighted by atomic mass is 32.2. The SMILES string of the molecule is C/C=C\C(=C1\Sc2ccccc2C1C)N1C/C=C\C(C)=C/Cc2ccccc21. The van der Waals surface area contributed by atoms with Crippen LogP contribution in [0.15, 0.2) is 100.0 Å². The normalized spacial score (nSPS) is 23.9. The van der Waals surface area contributed by atoms with Gasteiger partial charge in [0.05, 0.1) is 5.70 Å². The van der Waals surface area contributed by atoms with E-state index in [9.17, 15) is 0 Å². The van der Waals surface area contributed by atoms with Gasteiger partial charge in [0.1, 0.15) is 0 Å². The molecular weight excluding hydrogens is 358 g/mol. The summed E-state index contributed by atoms with van der Waals surface area (Å²) >= 11 is 1.93. The Labute approximate surface area is 173 Å². The molecule has 0 aliphatic carbocycles. The number of thioether (sulfide) groups is 1. The number of hydrogen-bond acceptors (Lipinski definition) is 2. The Hall–Kier alpha value is -2.45. The molecule has 0 N–H and O–H groups in total. The molecule has 0 aromatic heterocycles. The van der Waals surface area contributed by atoms with Gasteiger partial charge >= 0.3 is 0 Å². The molecule has 2 heteroatoms. The smallest absolute Gasteiger partial charge is 0.0516 e. The number of allylic oxidation sites excluding steroid dienone is 6. The fourth-order valence-corrected chi connectivity index (χ4v) is 5.31. The molecule has 2 heterocycles. The second-order valence-corrected chi connectivity index (χ2v) is 8.49. The van der Waals surface area contributed by atoms with E-state index in [1.54, 1.807) is 0 Å². The predicted molar refractivity (Wildman–Crippen MR) is 123 cm³/mol. The third-order valence-corrected chi connectivity index (χ3v) is 6.84. The van der Waals surface area contributed by atoms with Crippen molar-refractivity contribution in [2.24, 2.45) is 0 Å². The van der Waals surface area contributed by atoms with Crippen molar-refractivity contribution in [1.82, 2.24) is 0 Å². The van der Waals surface area contributed by atoms with Gasteiger partial charge in [0, 0.05) is 28.0 Å². The standard InChI is InChI=1S/C26H27NS/c1-4-10-24(26-20(3)22-13-6-8-15-25(22)28-26)27-18-9-11-19(2)16-17-21-12-5-7-14-23(21)27/h4-16,20H,17-18H2,1-3H3/b10-4-,11-9-,19-16-,26-24-. The van der Waals surface area contributed by atoms with Crippen LogP contribution in [0.25, 0.3) is 0 Å². The summed E-state index contributed by atoms with van der Waals surface area (Å²) in [6, 6.07) is 17.6. The second-order valence-electron chi connectivity index (χ2n) is 7.41. The second kappa shape index (κ2) is 8.28. The average molecular weight is 386 g/mol. The molecule has 0 bridgehead atoms. The molecule has 2 aliphatic heterocycles. The maximum absolute atomic E-state index is 2.49. The molecule has 2 aromatic carbocycles. The Kier molecular flexibility index (Phi) is 5.59. The molecule has 1 unspecified atom stereocenters. The quantitative estimate of drug-likeness (QED) is 0.535. The summed E-state index contributed by atoms with van der Waals surface area (Å²) in [6.07, 6.45) is 12.3. The highest BCUT2D eigenvalue weighted by molar-refractivity contribution is 8.03. The van der Waals surface area contributed by atoms with E-state index < -0.39 is 0 Å². The lowest BCUT2D eigenvalue weighted by atomic mass is 9.99. The van der Waals surface area contributed by atoms with E-state index in [-0.39, 0.29) is 0 Å². The number of hydrogen-bond donors (Lipinski definition) is 0. The summed E-state index contributed by atoms with van der Waals surface area (Å²) in [5.74, 6) is 0.413. The lowest BCUT2D eigenvalue weighted by molar-refractivity contribution is 0.910. The van der Waals surface area contributed by atoms with Crippen LogP contribution < -0.4 is 4.90 Å².